The lowest BCUT2D eigenvalue weighted by atomic mass is 10.1. The summed E-state index contributed by atoms with van der Waals surface area (Å²) in [6.07, 6.45) is 9.17. The number of likely N-dealkylation sites (N-methyl/N-ethyl adjacent to an activating group) is 1. The Kier molecular flexibility index (Phi) is 6.01. The molecular formula is C15H28N4O. The molecule has 1 aliphatic heterocycles. The zero-order valence-corrected chi connectivity index (χ0v) is 12.8. The smallest absolute Gasteiger partial charge is 0.0702 e. The zero-order chi connectivity index (χ0) is 14.4. The van der Waals surface area contributed by atoms with Gasteiger partial charge in [-0.3, -0.25) is 9.58 Å². The number of nitrogens with zero attached hydrogens (tertiary/aromatic N) is 3. The summed E-state index contributed by atoms with van der Waals surface area (Å²) in [5.41, 5.74) is 7.18. The van der Waals surface area contributed by atoms with Crippen molar-refractivity contribution >= 4 is 0 Å². The first kappa shape index (κ1) is 15.5. The summed E-state index contributed by atoms with van der Waals surface area (Å²) >= 11 is 0. The third-order valence-electron chi connectivity index (χ3n) is 4.01. The van der Waals surface area contributed by atoms with Crippen LogP contribution in [-0.2, 0) is 11.3 Å². The lowest BCUT2D eigenvalue weighted by Crippen LogP contribution is -2.38. The molecule has 1 aromatic rings. The third kappa shape index (κ3) is 4.04. The maximum atomic E-state index is 5.97. The van der Waals surface area contributed by atoms with Gasteiger partial charge in [0.2, 0.25) is 0 Å². The third-order valence-corrected chi connectivity index (χ3v) is 4.01. The molecule has 0 saturated carbocycles. The Hall–Kier alpha value is -0.910. The van der Waals surface area contributed by atoms with Crippen LogP contribution in [0.3, 0.4) is 0 Å². The van der Waals surface area contributed by atoms with Gasteiger partial charge in [-0.1, -0.05) is 6.92 Å². The minimum atomic E-state index is 0.228. The van der Waals surface area contributed by atoms with Crippen LogP contribution in [0.4, 0.5) is 0 Å². The van der Waals surface area contributed by atoms with Gasteiger partial charge in [0, 0.05) is 44.0 Å². The second kappa shape index (κ2) is 7.76. The largest absolute Gasteiger partial charge is 0.377 e. The van der Waals surface area contributed by atoms with Crippen molar-refractivity contribution in [2.75, 3.05) is 26.7 Å². The van der Waals surface area contributed by atoms with Crippen molar-refractivity contribution in [1.82, 2.24) is 14.7 Å². The average molecular weight is 280 g/mol. The van der Waals surface area contributed by atoms with Crippen LogP contribution in [0.1, 0.15) is 44.2 Å². The normalized spacial score (nSPS) is 21.3. The van der Waals surface area contributed by atoms with E-state index in [-0.39, 0.29) is 6.04 Å². The van der Waals surface area contributed by atoms with Crippen molar-refractivity contribution in [2.45, 2.75) is 51.3 Å². The van der Waals surface area contributed by atoms with E-state index in [1.165, 1.54) is 18.4 Å². The molecule has 1 saturated heterocycles. The monoisotopic (exact) mass is 280 g/mol. The Balaban J connectivity index is 1.94. The van der Waals surface area contributed by atoms with Gasteiger partial charge in [-0.05, 0) is 32.7 Å². The second-order valence-corrected chi connectivity index (χ2v) is 5.72. The summed E-state index contributed by atoms with van der Waals surface area (Å²) in [4.78, 5) is 2.31. The molecule has 20 heavy (non-hydrogen) atoms. The van der Waals surface area contributed by atoms with E-state index in [9.17, 15) is 0 Å². The fraction of sp³-hybridized carbons (Fsp3) is 0.800. The first-order valence-corrected chi connectivity index (χ1v) is 7.78. The maximum absolute atomic E-state index is 5.97. The number of rotatable bonds is 7. The predicted molar refractivity (Wildman–Crippen MR) is 80.5 cm³/mol. The zero-order valence-electron chi connectivity index (χ0n) is 12.8. The lowest BCUT2D eigenvalue weighted by molar-refractivity contribution is -0.00778. The van der Waals surface area contributed by atoms with Crippen LogP contribution in [0, 0.1) is 0 Å². The van der Waals surface area contributed by atoms with Crippen molar-refractivity contribution < 1.29 is 4.74 Å². The van der Waals surface area contributed by atoms with E-state index in [4.69, 9.17) is 10.5 Å². The van der Waals surface area contributed by atoms with Crippen molar-refractivity contribution in [3.63, 3.8) is 0 Å². The molecule has 0 aromatic carbocycles. The Morgan fingerprint density at radius 3 is 3.05 bits per heavy atom. The molecule has 0 radical (unpaired) electrons. The molecule has 114 valence electrons. The molecule has 1 fully saturated rings. The van der Waals surface area contributed by atoms with E-state index in [0.717, 1.165) is 32.5 Å². The highest BCUT2D eigenvalue weighted by molar-refractivity contribution is 5.11. The molecule has 2 unspecified atom stereocenters. The Morgan fingerprint density at radius 1 is 1.55 bits per heavy atom. The Labute approximate surface area is 122 Å². The first-order valence-electron chi connectivity index (χ1n) is 7.78. The number of nitrogens with two attached hydrogens (primary N) is 1. The molecule has 1 aliphatic rings. The number of hydrogen-bond donors (Lipinski definition) is 1. The van der Waals surface area contributed by atoms with Crippen LogP contribution >= 0.6 is 0 Å². The number of aromatic nitrogens is 2. The van der Waals surface area contributed by atoms with E-state index in [2.05, 4.69) is 30.2 Å². The van der Waals surface area contributed by atoms with Gasteiger partial charge in [-0.2, -0.15) is 5.10 Å². The average Bonchev–Trinajstić information content (AvgIpc) is 2.89. The van der Waals surface area contributed by atoms with Crippen molar-refractivity contribution in [2.24, 2.45) is 5.73 Å². The Morgan fingerprint density at radius 2 is 2.40 bits per heavy atom. The number of ether oxygens (including phenoxy) is 1. The summed E-state index contributed by atoms with van der Waals surface area (Å²) in [6, 6.07) is 0.228. The van der Waals surface area contributed by atoms with Crippen LogP contribution in [0.25, 0.3) is 0 Å². The molecule has 1 aromatic heterocycles. The molecule has 5 heteroatoms. The molecule has 2 rings (SSSR count). The highest BCUT2D eigenvalue weighted by Gasteiger charge is 2.22. The standard InChI is InChI=1S/C15H28N4O/c1-3-7-19-11-13(10-17-19)15(9-16)18(2)12-14-6-4-5-8-20-14/h10-11,14-15H,3-9,12,16H2,1-2H3. The highest BCUT2D eigenvalue weighted by atomic mass is 16.5. The van der Waals surface area contributed by atoms with Gasteiger partial charge in [-0.15, -0.1) is 0 Å². The SMILES string of the molecule is CCCn1cc(C(CN)N(C)CC2CCCCO2)cn1. The van der Waals surface area contributed by atoms with Crippen molar-refractivity contribution in [3.05, 3.63) is 18.0 Å². The topological polar surface area (TPSA) is 56.3 Å². The van der Waals surface area contributed by atoms with Crippen molar-refractivity contribution in [1.29, 1.82) is 0 Å². The van der Waals surface area contributed by atoms with Crippen LogP contribution in [0.15, 0.2) is 12.4 Å². The predicted octanol–water partition coefficient (Wildman–Crippen LogP) is 1.79. The number of hydrogen-bond acceptors (Lipinski definition) is 4. The van der Waals surface area contributed by atoms with Crippen molar-refractivity contribution in [3.8, 4) is 0 Å². The van der Waals surface area contributed by atoms with Crippen LogP contribution < -0.4 is 5.73 Å². The van der Waals surface area contributed by atoms with Gasteiger partial charge in [-0.25, -0.2) is 0 Å². The highest BCUT2D eigenvalue weighted by Crippen LogP contribution is 2.21. The minimum Gasteiger partial charge on any atom is -0.377 e. The van der Waals surface area contributed by atoms with Crippen LogP contribution in [0.2, 0.25) is 0 Å². The van der Waals surface area contributed by atoms with E-state index in [0.29, 0.717) is 12.6 Å². The summed E-state index contributed by atoms with van der Waals surface area (Å²) in [6.45, 7) is 5.59. The van der Waals surface area contributed by atoms with Gasteiger partial charge in [0.1, 0.15) is 0 Å². The van der Waals surface area contributed by atoms with E-state index >= 15 is 0 Å². The molecule has 0 bridgehead atoms. The summed E-state index contributed by atoms with van der Waals surface area (Å²) < 4.78 is 7.82. The quantitative estimate of drug-likeness (QED) is 0.827. The summed E-state index contributed by atoms with van der Waals surface area (Å²) in [5.74, 6) is 0. The fourth-order valence-electron chi connectivity index (χ4n) is 2.87. The Bertz CT molecular complexity index is 387. The van der Waals surface area contributed by atoms with Gasteiger partial charge >= 0.3 is 0 Å². The molecule has 0 amide bonds. The van der Waals surface area contributed by atoms with E-state index in [1.807, 2.05) is 10.9 Å². The van der Waals surface area contributed by atoms with Crippen LogP contribution in [0.5, 0.6) is 0 Å². The molecule has 0 aliphatic carbocycles. The summed E-state index contributed by atoms with van der Waals surface area (Å²) in [7, 11) is 2.13. The van der Waals surface area contributed by atoms with Gasteiger partial charge in [0.05, 0.1) is 12.3 Å². The van der Waals surface area contributed by atoms with Gasteiger partial charge in [0.15, 0.2) is 0 Å². The minimum absolute atomic E-state index is 0.228. The van der Waals surface area contributed by atoms with E-state index < -0.39 is 0 Å². The second-order valence-electron chi connectivity index (χ2n) is 5.72. The maximum Gasteiger partial charge on any atom is 0.0702 e. The molecule has 0 spiro atoms. The van der Waals surface area contributed by atoms with E-state index in [1.54, 1.807) is 0 Å². The fourth-order valence-corrected chi connectivity index (χ4v) is 2.87. The van der Waals surface area contributed by atoms with Gasteiger partial charge in [0.25, 0.3) is 0 Å². The van der Waals surface area contributed by atoms with Crippen LogP contribution in [-0.4, -0.2) is 47.5 Å². The molecule has 5 nitrogen and oxygen atoms in total. The number of aryl methyl sites for hydroxylation is 1. The molecular weight excluding hydrogens is 252 g/mol. The molecule has 2 atom stereocenters. The lowest BCUT2D eigenvalue weighted by Gasteiger charge is -2.31. The summed E-state index contributed by atoms with van der Waals surface area (Å²) in [5, 5.41) is 4.41. The first-order chi connectivity index (χ1) is 9.74. The molecule has 2 N–H and O–H groups in total. The molecule has 2 heterocycles. The van der Waals surface area contributed by atoms with Gasteiger partial charge < -0.3 is 10.5 Å².